The summed E-state index contributed by atoms with van der Waals surface area (Å²) in [5.41, 5.74) is 2.15. The third-order valence-electron chi connectivity index (χ3n) is 4.26. The monoisotopic (exact) mass is 348 g/mol. The van der Waals surface area contributed by atoms with Crippen molar-refractivity contribution in [2.75, 3.05) is 20.7 Å². The Balaban J connectivity index is 2.10. The fourth-order valence-corrected chi connectivity index (χ4v) is 3.11. The first-order chi connectivity index (χ1) is 11.3. The molecular weight excluding hydrogens is 324 g/mol. The maximum absolute atomic E-state index is 11.3. The number of nitrogens with zero attached hydrogens (tertiary/aromatic N) is 1. The van der Waals surface area contributed by atoms with Crippen LogP contribution in [0.4, 0.5) is 0 Å². The zero-order chi connectivity index (χ0) is 17.7. The Morgan fingerprint density at radius 1 is 1.04 bits per heavy atom. The molecule has 0 aromatic heterocycles. The Morgan fingerprint density at radius 3 is 2.12 bits per heavy atom. The van der Waals surface area contributed by atoms with Crippen molar-refractivity contribution in [3.8, 4) is 0 Å². The number of sulfonamides is 1. The number of nitrogens with two attached hydrogens (primary N) is 1. The predicted octanol–water partition coefficient (Wildman–Crippen LogP) is 2.71. The van der Waals surface area contributed by atoms with Crippen LogP contribution in [-0.2, 0) is 14.8 Å². The van der Waals surface area contributed by atoms with E-state index in [9.17, 15) is 8.42 Å². The molecular formula is C18H24N2O3S. The molecule has 0 aliphatic rings. The van der Waals surface area contributed by atoms with Crippen molar-refractivity contribution < 1.29 is 13.2 Å². The second-order valence-corrected chi connectivity index (χ2v) is 7.43. The quantitative estimate of drug-likeness (QED) is 0.835. The molecule has 24 heavy (non-hydrogen) atoms. The van der Waals surface area contributed by atoms with E-state index in [0.29, 0.717) is 0 Å². The first-order valence-corrected chi connectivity index (χ1v) is 9.28. The summed E-state index contributed by atoms with van der Waals surface area (Å²) in [5, 5.41) is 5.14. The van der Waals surface area contributed by atoms with Crippen molar-refractivity contribution in [2.45, 2.75) is 24.0 Å². The highest BCUT2D eigenvalue weighted by Gasteiger charge is 2.18. The van der Waals surface area contributed by atoms with Gasteiger partial charge in [-0.05, 0) is 37.2 Å². The lowest BCUT2D eigenvalue weighted by molar-refractivity contribution is 0.0606. The van der Waals surface area contributed by atoms with E-state index in [2.05, 4.69) is 11.8 Å². The van der Waals surface area contributed by atoms with Crippen molar-refractivity contribution in [1.82, 2.24) is 4.90 Å². The van der Waals surface area contributed by atoms with Crippen LogP contribution in [0.1, 0.15) is 30.2 Å². The standard InChI is InChI=1S/C18H24N2O3S/c1-14(15-9-11-17(12-10-15)24(19,21)22)20(2)13-18(23-3)16-7-5-4-6-8-16/h4-12,14,18H,13H2,1-3H3,(H2,19,21,22)/t14-,18+/m1/s1. The molecule has 0 saturated heterocycles. The van der Waals surface area contributed by atoms with Crippen molar-refractivity contribution >= 4 is 10.0 Å². The van der Waals surface area contributed by atoms with Gasteiger partial charge in [-0.3, -0.25) is 4.90 Å². The average molecular weight is 348 g/mol. The van der Waals surface area contributed by atoms with Gasteiger partial charge in [0.2, 0.25) is 10.0 Å². The lowest BCUT2D eigenvalue weighted by Crippen LogP contribution is -2.28. The van der Waals surface area contributed by atoms with Gasteiger partial charge < -0.3 is 4.74 Å². The van der Waals surface area contributed by atoms with E-state index in [4.69, 9.17) is 9.88 Å². The van der Waals surface area contributed by atoms with E-state index >= 15 is 0 Å². The summed E-state index contributed by atoms with van der Waals surface area (Å²) in [6.45, 7) is 2.79. The molecule has 0 aliphatic heterocycles. The van der Waals surface area contributed by atoms with Crippen molar-refractivity contribution in [2.24, 2.45) is 5.14 Å². The first-order valence-electron chi connectivity index (χ1n) is 7.73. The molecule has 6 heteroatoms. The van der Waals surface area contributed by atoms with Gasteiger partial charge in [-0.25, -0.2) is 13.6 Å². The second kappa shape index (κ2) is 7.90. The van der Waals surface area contributed by atoms with Crippen molar-refractivity contribution in [3.63, 3.8) is 0 Å². The number of primary sulfonamides is 1. The molecule has 0 fully saturated rings. The summed E-state index contributed by atoms with van der Waals surface area (Å²) in [5.74, 6) is 0. The number of hydrogen-bond donors (Lipinski definition) is 1. The largest absolute Gasteiger partial charge is 0.375 e. The molecule has 0 aliphatic carbocycles. The summed E-state index contributed by atoms with van der Waals surface area (Å²) in [6.07, 6.45) is -0.0256. The molecule has 2 rings (SSSR count). The minimum atomic E-state index is -3.66. The third-order valence-corrected chi connectivity index (χ3v) is 5.19. The Hall–Kier alpha value is -1.73. The van der Waals surface area contributed by atoms with E-state index < -0.39 is 10.0 Å². The molecule has 130 valence electrons. The molecule has 2 aromatic rings. The smallest absolute Gasteiger partial charge is 0.238 e. The van der Waals surface area contributed by atoms with Gasteiger partial charge in [0.1, 0.15) is 0 Å². The lowest BCUT2D eigenvalue weighted by atomic mass is 10.1. The molecule has 2 atom stereocenters. The molecule has 0 heterocycles. The summed E-state index contributed by atoms with van der Waals surface area (Å²) in [4.78, 5) is 2.30. The first kappa shape index (κ1) is 18.6. The molecule has 0 radical (unpaired) electrons. The van der Waals surface area contributed by atoms with Gasteiger partial charge in [-0.1, -0.05) is 42.5 Å². The minimum Gasteiger partial charge on any atom is -0.375 e. The van der Waals surface area contributed by atoms with Gasteiger partial charge in [0.15, 0.2) is 0 Å². The van der Waals surface area contributed by atoms with Gasteiger partial charge in [0, 0.05) is 19.7 Å². The normalized spacial score (nSPS) is 14.5. The van der Waals surface area contributed by atoms with E-state index in [1.54, 1.807) is 31.4 Å². The van der Waals surface area contributed by atoms with E-state index in [-0.39, 0.29) is 17.0 Å². The predicted molar refractivity (Wildman–Crippen MR) is 95.1 cm³/mol. The van der Waals surface area contributed by atoms with Crippen LogP contribution in [0.2, 0.25) is 0 Å². The third kappa shape index (κ3) is 4.64. The molecule has 2 aromatic carbocycles. The SMILES string of the molecule is CO[C@@H](CN(C)[C@H](C)c1ccc(S(N)(=O)=O)cc1)c1ccccc1. The maximum atomic E-state index is 11.3. The van der Waals surface area contributed by atoms with Crippen LogP contribution in [0.25, 0.3) is 0 Å². The average Bonchev–Trinajstić information content (AvgIpc) is 2.59. The number of ether oxygens (including phenoxy) is 1. The molecule has 0 saturated carbocycles. The van der Waals surface area contributed by atoms with Crippen LogP contribution >= 0.6 is 0 Å². The topological polar surface area (TPSA) is 72.6 Å². The van der Waals surface area contributed by atoms with Crippen molar-refractivity contribution in [1.29, 1.82) is 0 Å². The zero-order valence-electron chi connectivity index (χ0n) is 14.2. The summed E-state index contributed by atoms with van der Waals surface area (Å²) < 4.78 is 28.3. The van der Waals surface area contributed by atoms with E-state index in [0.717, 1.165) is 17.7 Å². The Labute approximate surface area is 144 Å². The molecule has 2 N–H and O–H groups in total. The fraction of sp³-hybridized carbons (Fsp3) is 0.333. The number of methoxy groups -OCH3 is 1. The van der Waals surface area contributed by atoms with Crippen LogP contribution in [0, 0.1) is 0 Å². The summed E-state index contributed by atoms with van der Waals surface area (Å²) >= 11 is 0. The molecule has 0 unspecified atom stereocenters. The van der Waals surface area contributed by atoms with Crippen LogP contribution in [0.5, 0.6) is 0 Å². The molecule has 0 amide bonds. The fourth-order valence-electron chi connectivity index (χ4n) is 2.59. The highest BCUT2D eigenvalue weighted by atomic mass is 32.2. The number of benzene rings is 2. The lowest BCUT2D eigenvalue weighted by Gasteiger charge is -2.29. The second-order valence-electron chi connectivity index (χ2n) is 5.86. The number of rotatable bonds is 7. The number of likely N-dealkylation sites (N-methyl/N-ethyl adjacent to an activating group) is 1. The van der Waals surface area contributed by atoms with Gasteiger partial charge in [0.25, 0.3) is 0 Å². The van der Waals surface area contributed by atoms with Gasteiger partial charge in [-0.2, -0.15) is 0 Å². The highest BCUT2D eigenvalue weighted by Crippen LogP contribution is 2.24. The Kier molecular flexibility index (Phi) is 6.12. The van der Waals surface area contributed by atoms with E-state index in [1.165, 1.54) is 0 Å². The molecule has 0 spiro atoms. The highest BCUT2D eigenvalue weighted by molar-refractivity contribution is 7.89. The molecule has 5 nitrogen and oxygen atoms in total. The maximum Gasteiger partial charge on any atom is 0.238 e. The summed E-state index contributed by atoms with van der Waals surface area (Å²) in [6, 6.07) is 16.9. The summed E-state index contributed by atoms with van der Waals surface area (Å²) in [7, 11) is 0.0684. The molecule has 0 bridgehead atoms. The van der Waals surface area contributed by atoms with Gasteiger partial charge in [0.05, 0.1) is 11.0 Å². The zero-order valence-corrected chi connectivity index (χ0v) is 15.0. The Morgan fingerprint density at radius 2 is 1.62 bits per heavy atom. The van der Waals surface area contributed by atoms with Gasteiger partial charge in [-0.15, -0.1) is 0 Å². The van der Waals surface area contributed by atoms with Gasteiger partial charge >= 0.3 is 0 Å². The van der Waals surface area contributed by atoms with Crippen LogP contribution in [-0.4, -0.2) is 34.0 Å². The minimum absolute atomic E-state index is 0.0256. The number of hydrogen-bond acceptors (Lipinski definition) is 4. The van der Waals surface area contributed by atoms with E-state index in [1.807, 2.05) is 37.4 Å². The van der Waals surface area contributed by atoms with Crippen LogP contribution in [0.15, 0.2) is 59.5 Å². The van der Waals surface area contributed by atoms with Crippen molar-refractivity contribution in [3.05, 3.63) is 65.7 Å². The van der Waals surface area contributed by atoms with Crippen LogP contribution < -0.4 is 5.14 Å². The Bertz CT molecular complexity index is 746. The van der Waals surface area contributed by atoms with Crippen LogP contribution in [0.3, 0.4) is 0 Å².